The van der Waals surface area contributed by atoms with E-state index >= 15 is 0 Å². The summed E-state index contributed by atoms with van der Waals surface area (Å²) in [5.41, 5.74) is 1.34. The highest BCUT2D eigenvalue weighted by Gasteiger charge is 2.31. The van der Waals surface area contributed by atoms with Crippen molar-refractivity contribution >= 4 is 11.9 Å². The summed E-state index contributed by atoms with van der Waals surface area (Å²) in [5, 5.41) is 19.0. The monoisotopic (exact) mass is 312 g/mol. The van der Waals surface area contributed by atoms with Crippen molar-refractivity contribution in [1.29, 1.82) is 0 Å². The molecule has 3 rings (SSSR count). The van der Waals surface area contributed by atoms with E-state index in [1.54, 1.807) is 24.3 Å². The second-order valence-corrected chi connectivity index (χ2v) is 5.22. The Morgan fingerprint density at radius 3 is 2.83 bits per heavy atom. The Labute approximate surface area is 133 Å². The minimum atomic E-state index is -0.581. The number of hydrogen-bond acceptors (Lipinski definition) is 5. The van der Waals surface area contributed by atoms with Crippen molar-refractivity contribution in [1.82, 2.24) is 0 Å². The molecule has 1 heterocycles. The van der Waals surface area contributed by atoms with Crippen LogP contribution >= 0.6 is 0 Å². The van der Waals surface area contributed by atoms with Crippen molar-refractivity contribution in [3.63, 3.8) is 0 Å². The maximum absolute atomic E-state index is 12.2. The maximum Gasteiger partial charge on any atom is 0.207 e. The number of ether oxygens (including phenoxy) is 2. The number of carbonyl (C=O) groups is 1. The topological polar surface area (TPSA) is 76.0 Å². The Morgan fingerprint density at radius 1 is 1.22 bits per heavy atom. The molecule has 1 unspecified atom stereocenters. The average molecular weight is 312 g/mol. The number of fused-ring (bicyclic) bond motifs is 1. The van der Waals surface area contributed by atoms with Crippen LogP contribution in [0.5, 0.6) is 23.0 Å². The average Bonchev–Trinajstić information content (AvgIpc) is 2.84. The Balaban J connectivity index is 1.69. The van der Waals surface area contributed by atoms with Gasteiger partial charge in [0, 0.05) is 12.5 Å². The van der Waals surface area contributed by atoms with Crippen LogP contribution in [0, 0.1) is 0 Å². The fourth-order valence-corrected chi connectivity index (χ4v) is 2.47. The first-order valence-electron chi connectivity index (χ1n) is 7.16. The lowest BCUT2D eigenvalue weighted by atomic mass is 10.1. The number of phenols is 2. The third-order valence-corrected chi connectivity index (χ3v) is 3.66. The molecule has 0 saturated carbocycles. The van der Waals surface area contributed by atoms with Gasteiger partial charge >= 0.3 is 0 Å². The minimum Gasteiger partial charge on any atom is -0.508 e. The van der Waals surface area contributed by atoms with Gasteiger partial charge in [0.05, 0.1) is 12.7 Å². The van der Waals surface area contributed by atoms with Gasteiger partial charge in [-0.3, -0.25) is 4.79 Å². The van der Waals surface area contributed by atoms with Crippen LogP contribution in [0.1, 0.15) is 22.3 Å². The molecule has 0 aromatic heterocycles. The van der Waals surface area contributed by atoms with E-state index < -0.39 is 6.10 Å². The standard InChI is InChI=1S/C18H16O5/c1-22-17-9-11(5-8-14(17)20)3-2-4-15-18(21)13-7-6-12(19)10-16(13)23-15/h2-3,5-10,15,19-20H,4H2,1H3/b3-2-. The summed E-state index contributed by atoms with van der Waals surface area (Å²) in [6.45, 7) is 0. The van der Waals surface area contributed by atoms with Crippen molar-refractivity contribution in [3.8, 4) is 23.0 Å². The zero-order chi connectivity index (χ0) is 16.4. The van der Waals surface area contributed by atoms with Crippen LogP contribution in [0.4, 0.5) is 0 Å². The van der Waals surface area contributed by atoms with E-state index in [-0.39, 0.29) is 17.3 Å². The summed E-state index contributed by atoms with van der Waals surface area (Å²) >= 11 is 0. The van der Waals surface area contributed by atoms with Crippen LogP contribution in [-0.4, -0.2) is 29.2 Å². The molecular weight excluding hydrogens is 296 g/mol. The number of ketones is 1. The summed E-state index contributed by atoms with van der Waals surface area (Å²) in [5.74, 6) is 0.869. The number of carbonyl (C=O) groups excluding carboxylic acids is 1. The molecule has 0 fully saturated rings. The van der Waals surface area contributed by atoms with Crippen molar-refractivity contribution in [2.75, 3.05) is 7.11 Å². The zero-order valence-electron chi connectivity index (χ0n) is 12.5. The largest absolute Gasteiger partial charge is 0.508 e. The fraction of sp³-hybridized carbons (Fsp3) is 0.167. The second kappa shape index (κ2) is 6.04. The SMILES string of the molecule is COc1cc(/C=C\CC2Oc3cc(O)ccc3C2=O)ccc1O. The maximum atomic E-state index is 12.2. The van der Waals surface area contributed by atoms with Gasteiger partial charge < -0.3 is 19.7 Å². The Kier molecular flexibility index (Phi) is 3.93. The molecule has 2 aromatic carbocycles. The lowest BCUT2D eigenvalue weighted by molar-refractivity contribution is 0.0861. The van der Waals surface area contributed by atoms with Gasteiger partial charge in [0.15, 0.2) is 17.6 Å². The number of benzene rings is 2. The molecule has 0 saturated heterocycles. The van der Waals surface area contributed by atoms with Gasteiger partial charge in [0.25, 0.3) is 0 Å². The van der Waals surface area contributed by atoms with Crippen molar-refractivity contribution in [2.24, 2.45) is 0 Å². The van der Waals surface area contributed by atoms with E-state index in [0.29, 0.717) is 23.5 Å². The van der Waals surface area contributed by atoms with Gasteiger partial charge in [0.2, 0.25) is 5.78 Å². The molecule has 5 heteroatoms. The van der Waals surface area contributed by atoms with Crippen molar-refractivity contribution in [2.45, 2.75) is 12.5 Å². The lowest BCUT2D eigenvalue weighted by Gasteiger charge is -2.06. The number of phenolic OH excluding ortho intramolecular Hbond substituents is 2. The molecule has 1 aliphatic heterocycles. The number of Topliss-reactive ketones (excluding diaryl/α,β-unsaturated/α-hetero) is 1. The molecule has 2 N–H and O–H groups in total. The predicted molar refractivity (Wildman–Crippen MR) is 85.2 cm³/mol. The van der Waals surface area contributed by atoms with Crippen molar-refractivity contribution < 1.29 is 24.5 Å². The first-order valence-corrected chi connectivity index (χ1v) is 7.16. The lowest BCUT2D eigenvalue weighted by Crippen LogP contribution is -2.19. The minimum absolute atomic E-state index is 0.0731. The van der Waals surface area contributed by atoms with E-state index in [4.69, 9.17) is 9.47 Å². The Hall–Kier alpha value is -2.95. The van der Waals surface area contributed by atoms with Gasteiger partial charge in [-0.15, -0.1) is 0 Å². The van der Waals surface area contributed by atoms with E-state index in [1.807, 2.05) is 12.2 Å². The van der Waals surface area contributed by atoms with Crippen LogP contribution in [0.25, 0.3) is 6.08 Å². The van der Waals surface area contributed by atoms with Crippen LogP contribution in [0.3, 0.4) is 0 Å². The van der Waals surface area contributed by atoms with E-state index in [1.165, 1.54) is 19.2 Å². The normalized spacial score (nSPS) is 16.4. The van der Waals surface area contributed by atoms with E-state index in [2.05, 4.69) is 0 Å². The predicted octanol–water partition coefficient (Wildman–Crippen LogP) is 3.15. The molecule has 5 nitrogen and oxygen atoms in total. The molecule has 0 bridgehead atoms. The second-order valence-electron chi connectivity index (χ2n) is 5.22. The number of aromatic hydroxyl groups is 2. The van der Waals surface area contributed by atoms with Crippen molar-refractivity contribution in [3.05, 3.63) is 53.6 Å². The highest BCUT2D eigenvalue weighted by Crippen LogP contribution is 2.33. The van der Waals surface area contributed by atoms with Gasteiger partial charge in [-0.1, -0.05) is 18.2 Å². The smallest absolute Gasteiger partial charge is 0.207 e. The summed E-state index contributed by atoms with van der Waals surface area (Å²) in [7, 11) is 1.49. The molecule has 23 heavy (non-hydrogen) atoms. The summed E-state index contributed by atoms with van der Waals surface area (Å²) < 4.78 is 10.6. The van der Waals surface area contributed by atoms with E-state index in [0.717, 1.165) is 5.56 Å². The van der Waals surface area contributed by atoms with Crippen LogP contribution in [0.15, 0.2) is 42.5 Å². The zero-order valence-corrected chi connectivity index (χ0v) is 12.5. The van der Waals surface area contributed by atoms with Crippen LogP contribution < -0.4 is 9.47 Å². The number of rotatable bonds is 4. The van der Waals surface area contributed by atoms with Gasteiger partial charge in [-0.05, 0) is 29.8 Å². The van der Waals surface area contributed by atoms with E-state index in [9.17, 15) is 15.0 Å². The third-order valence-electron chi connectivity index (χ3n) is 3.66. The number of methoxy groups -OCH3 is 1. The summed E-state index contributed by atoms with van der Waals surface area (Å²) in [4.78, 5) is 12.2. The number of hydrogen-bond donors (Lipinski definition) is 2. The first-order chi connectivity index (χ1) is 11.1. The molecule has 1 atom stereocenters. The third kappa shape index (κ3) is 2.99. The molecule has 1 aliphatic rings. The molecule has 118 valence electrons. The van der Waals surface area contributed by atoms with Crippen LogP contribution in [-0.2, 0) is 0 Å². The first kappa shape index (κ1) is 15.0. The highest BCUT2D eigenvalue weighted by molar-refractivity contribution is 6.04. The molecule has 0 radical (unpaired) electrons. The molecule has 0 amide bonds. The quantitative estimate of drug-likeness (QED) is 0.907. The molecule has 0 spiro atoms. The molecule has 2 aromatic rings. The van der Waals surface area contributed by atoms with Crippen LogP contribution in [0.2, 0.25) is 0 Å². The highest BCUT2D eigenvalue weighted by atomic mass is 16.5. The molecule has 0 aliphatic carbocycles. The Morgan fingerprint density at radius 2 is 2.04 bits per heavy atom. The van der Waals surface area contributed by atoms with Gasteiger partial charge in [0.1, 0.15) is 11.5 Å². The summed E-state index contributed by atoms with van der Waals surface area (Å²) in [6, 6.07) is 9.49. The van der Waals surface area contributed by atoms with Gasteiger partial charge in [-0.25, -0.2) is 0 Å². The van der Waals surface area contributed by atoms with Gasteiger partial charge in [-0.2, -0.15) is 0 Å². The summed E-state index contributed by atoms with van der Waals surface area (Å²) in [6.07, 6.45) is 3.50. The Bertz CT molecular complexity index is 779. The fourth-order valence-electron chi connectivity index (χ4n) is 2.47. The molecular formula is C18H16O5.